The molecular formula is C15H30NNaO. The second-order valence-electron chi connectivity index (χ2n) is 4.79. The third-order valence-electron chi connectivity index (χ3n) is 2.91. The Morgan fingerprint density at radius 3 is 1.61 bits per heavy atom. The van der Waals surface area contributed by atoms with Crippen molar-refractivity contribution in [2.24, 2.45) is 5.73 Å². The van der Waals surface area contributed by atoms with E-state index in [2.05, 4.69) is 19.2 Å². The Morgan fingerprint density at radius 2 is 1.33 bits per heavy atom. The van der Waals surface area contributed by atoms with Gasteiger partial charge in [0.1, 0.15) is 0 Å². The summed E-state index contributed by atoms with van der Waals surface area (Å²) in [5, 5.41) is 0. The molecule has 3 heteroatoms. The van der Waals surface area contributed by atoms with Crippen LogP contribution >= 0.6 is 0 Å². The SMILES string of the molecule is C=CC(N)=O.CCCCCCCCCCC[CH2][Na]. The molecule has 0 saturated heterocycles. The fraction of sp³-hybridized carbons (Fsp3) is 0.800. The summed E-state index contributed by atoms with van der Waals surface area (Å²) in [6, 6.07) is 0. The molecule has 0 aliphatic heterocycles. The molecule has 2 nitrogen and oxygen atoms in total. The van der Waals surface area contributed by atoms with Gasteiger partial charge in [-0.25, -0.2) is 0 Å². The van der Waals surface area contributed by atoms with Crippen molar-refractivity contribution in [2.75, 3.05) is 0 Å². The van der Waals surface area contributed by atoms with Crippen LogP contribution in [0.5, 0.6) is 0 Å². The molecular weight excluding hydrogens is 233 g/mol. The maximum absolute atomic E-state index is 9.47. The van der Waals surface area contributed by atoms with Gasteiger partial charge in [0.05, 0.1) is 0 Å². The predicted octanol–water partition coefficient (Wildman–Crippen LogP) is 4.15. The van der Waals surface area contributed by atoms with E-state index in [0.717, 1.165) is 6.08 Å². The number of amides is 1. The van der Waals surface area contributed by atoms with Crippen molar-refractivity contribution in [3.63, 3.8) is 0 Å². The quantitative estimate of drug-likeness (QED) is 0.339. The van der Waals surface area contributed by atoms with Gasteiger partial charge in [-0.1, -0.05) is 6.58 Å². The minimum absolute atomic E-state index is 0.481. The average Bonchev–Trinajstić information content (AvgIpc) is 2.37. The molecule has 0 fully saturated rings. The summed E-state index contributed by atoms with van der Waals surface area (Å²) < 4.78 is 1.51. The van der Waals surface area contributed by atoms with E-state index in [9.17, 15) is 4.79 Å². The number of carbonyl (C=O) groups excluding carboxylic acids is 1. The van der Waals surface area contributed by atoms with Crippen LogP contribution < -0.4 is 5.73 Å². The Morgan fingerprint density at radius 1 is 1.00 bits per heavy atom. The number of carbonyl (C=O) groups is 1. The molecule has 0 aromatic rings. The normalized spacial score (nSPS) is 9.50. The molecule has 102 valence electrons. The number of unbranched alkanes of at least 4 members (excludes halogenated alkanes) is 9. The predicted molar refractivity (Wildman–Crippen MR) is 81.8 cm³/mol. The van der Waals surface area contributed by atoms with E-state index in [-0.39, 0.29) is 0 Å². The van der Waals surface area contributed by atoms with Crippen molar-refractivity contribution in [3.05, 3.63) is 12.7 Å². The maximum atomic E-state index is 9.47. The fourth-order valence-electron chi connectivity index (χ4n) is 1.74. The molecule has 0 aliphatic rings. The second-order valence-corrected chi connectivity index (χ2v) is 5.79. The topological polar surface area (TPSA) is 43.1 Å². The first kappa shape index (κ1) is 20.5. The summed E-state index contributed by atoms with van der Waals surface area (Å²) >= 11 is 1.41. The molecule has 0 aliphatic carbocycles. The van der Waals surface area contributed by atoms with Gasteiger partial charge in [0.25, 0.3) is 0 Å². The Balaban J connectivity index is 0. The van der Waals surface area contributed by atoms with Crippen LogP contribution in [-0.2, 0) is 4.79 Å². The molecule has 1 amide bonds. The van der Waals surface area contributed by atoms with Gasteiger partial charge in [0.2, 0.25) is 5.91 Å². The third kappa shape index (κ3) is 25.2. The number of primary amides is 1. The van der Waals surface area contributed by atoms with Crippen LogP contribution in [0.2, 0.25) is 3.67 Å². The zero-order valence-corrected chi connectivity index (χ0v) is 14.5. The standard InChI is InChI=1S/C12H25.C3H5NO.Na/c1-3-5-7-9-11-12-10-8-6-4-2;1-2-3(4)5;/h1,3-12H2,2H3;2H,1H2,(H2,4,5);. The van der Waals surface area contributed by atoms with Gasteiger partial charge in [-0.2, -0.15) is 0 Å². The zero-order valence-electron chi connectivity index (χ0n) is 12.5. The first-order valence-electron chi connectivity index (χ1n) is 7.60. The summed E-state index contributed by atoms with van der Waals surface area (Å²) in [6.07, 6.45) is 15.8. The molecule has 0 unspecified atom stereocenters. The summed E-state index contributed by atoms with van der Waals surface area (Å²) in [5.74, 6) is -0.481. The van der Waals surface area contributed by atoms with Crippen molar-refractivity contribution < 1.29 is 4.79 Å². The van der Waals surface area contributed by atoms with Crippen LogP contribution in [0, 0.1) is 0 Å². The van der Waals surface area contributed by atoms with E-state index in [0.29, 0.717) is 0 Å². The van der Waals surface area contributed by atoms with Gasteiger partial charge < -0.3 is 5.73 Å². The summed E-state index contributed by atoms with van der Waals surface area (Å²) in [6.45, 7) is 5.37. The van der Waals surface area contributed by atoms with Gasteiger partial charge in [0.15, 0.2) is 0 Å². The van der Waals surface area contributed by atoms with E-state index in [1.807, 2.05) is 0 Å². The number of rotatable bonds is 11. The van der Waals surface area contributed by atoms with Crippen LogP contribution in [-0.4, -0.2) is 33.8 Å². The zero-order chi connectivity index (χ0) is 14.1. The fourth-order valence-corrected chi connectivity index (χ4v) is 2.24. The summed E-state index contributed by atoms with van der Waals surface area (Å²) in [7, 11) is 0. The van der Waals surface area contributed by atoms with Gasteiger partial charge >= 0.3 is 103 Å². The van der Waals surface area contributed by atoms with Crippen molar-refractivity contribution in [1.82, 2.24) is 0 Å². The van der Waals surface area contributed by atoms with Crippen LogP contribution in [0.3, 0.4) is 0 Å². The van der Waals surface area contributed by atoms with Gasteiger partial charge in [-0.3, -0.25) is 4.79 Å². The molecule has 0 aromatic heterocycles. The van der Waals surface area contributed by atoms with Crippen LogP contribution in [0.1, 0.15) is 71.1 Å². The van der Waals surface area contributed by atoms with Crippen LogP contribution in [0.25, 0.3) is 0 Å². The Kier molecular flexibility index (Phi) is 22.3. The van der Waals surface area contributed by atoms with Gasteiger partial charge in [0, 0.05) is 0 Å². The van der Waals surface area contributed by atoms with Crippen molar-refractivity contribution in [2.45, 2.75) is 74.8 Å². The minimum atomic E-state index is -0.481. The molecule has 0 bridgehead atoms. The van der Waals surface area contributed by atoms with Crippen molar-refractivity contribution in [1.29, 1.82) is 0 Å². The molecule has 0 saturated carbocycles. The van der Waals surface area contributed by atoms with E-state index in [1.54, 1.807) is 0 Å². The average molecular weight is 263 g/mol. The van der Waals surface area contributed by atoms with E-state index < -0.39 is 5.91 Å². The molecule has 0 rings (SSSR count). The van der Waals surface area contributed by atoms with Gasteiger partial charge in [-0.05, 0) is 6.08 Å². The molecule has 0 radical (unpaired) electrons. The number of hydrogen-bond donors (Lipinski definition) is 1. The number of nitrogens with two attached hydrogens (primary N) is 1. The van der Waals surface area contributed by atoms with Crippen molar-refractivity contribution in [3.8, 4) is 0 Å². The van der Waals surface area contributed by atoms with Crippen molar-refractivity contribution >= 4 is 33.8 Å². The monoisotopic (exact) mass is 263 g/mol. The first-order chi connectivity index (χ1) is 8.68. The molecule has 2 N–H and O–H groups in total. The van der Waals surface area contributed by atoms with E-state index >= 15 is 0 Å². The number of hydrogen-bond acceptors (Lipinski definition) is 1. The second kappa shape index (κ2) is 19.5. The van der Waals surface area contributed by atoms with Gasteiger partial charge in [-0.15, -0.1) is 0 Å². The summed E-state index contributed by atoms with van der Waals surface area (Å²) in [4.78, 5) is 9.47. The van der Waals surface area contributed by atoms with E-state index in [4.69, 9.17) is 0 Å². The molecule has 0 spiro atoms. The molecule has 0 heterocycles. The van der Waals surface area contributed by atoms with Crippen LogP contribution in [0.4, 0.5) is 0 Å². The summed E-state index contributed by atoms with van der Waals surface area (Å²) in [5.41, 5.74) is 4.53. The third-order valence-corrected chi connectivity index (χ3v) is 3.62. The first-order valence-corrected chi connectivity index (χ1v) is 9.02. The van der Waals surface area contributed by atoms with E-state index in [1.165, 1.54) is 95.8 Å². The Bertz CT molecular complexity index is 173. The molecule has 0 atom stereocenters. The molecule has 0 aromatic carbocycles. The Hall–Kier alpha value is 0.210. The molecule has 18 heavy (non-hydrogen) atoms. The Labute approximate surface area is 131 Å². The van der Waals surface area contributed by atoms with Crippen LogP contribution in [0.15, 0.2) is 12.7 Å².